The van der Waals surface area contributed by atoms with Crippen LogP contribution in [0, 0.1) is 5.92 Å². The summed E-state index contributed by atoms with van der Waals surface area (Å²) < 4.78 is 0. The number of likely N-dealkylation sites (tertiary alicyclic amines) is 1. The van der Waals surface area contributed by atoms with E-state index < -0.39 is 0 Å². The second kappa shape index (κ2) is 7.76. The maximum Gasteiger partial charge on any atom is 0.132 e. The van der Waals surface area contributed by atoms with E-state index in [9.17, 15) is 0 Å². The lowest BCUT2D eigenvalue weighted by molar-refractivity contribution is 0.222. The molecule has 1 N–H and O–H groups in total. The normalized spacial score (nSPS) is 17.4. The van der Waals surface area contributed by atoms with Crippen molar-refractivity contribution in [2.45, 2.75) is 39.3 Å². The highest BCUT2D eigenvalue weighted by molar-refractivity contribution is 5.46. The zero-order valence-electron chi connectivity index (χ0n) is 14.0. The van der Waals surface area contributed by atoms with Crippen molar-refractivity contribution in [2.24, 2.45) is 5.92 Å². The number of hydrogen-bond acceptors (Lipinski definition) is 4. The molecule has 0 atom stereocenters. The van der Waals surface area contributed by atoms with Crippen LogP contribution in [0.1, 0.15) is 32.3 Å². The van der Waals surface area contributed by atoms with Crippen LogP contribution >= 0.6 is 0 Å². The summed E-state index contributed by atoms with van der Waals surface area (Å²) in [5, 5.41) is 3.49. The SMILES string of the molecule is CC(C)NCc1cccnc1N(C)CC1CCN(C)CC1. The topological polar surface area (TPSA) is 31.4 Å². The number of hydrogen-bond donors (Lipinski definition) is 1. The molecule has 4 nitrogen and oxygen atoms in total. The largest absolute Gasteiger partial charge is 0.359 e. The van der Waals surface area contributed by atoms with Gasteiger partial charge in [0.2, 0.25) is 0 Å². The molecular formula is C17H30N4. The van der Waals surface area contributed by atoms with Gasteiger partial charge in [-0.05, 0) is 45.0 Å². The van der Waals surface area contributed by atoms with E-state index in [0.29, 0.717) is 6.04 Å². The van der Waals surface area contributed by atoms with E-state index in [2.05, 4.69) is 54.1 Å². The molecule has 0 aromatic carbocycles. The van der Waals surface area contributed by atoms with Gasteiger partial charge in [0.05, 0.1) is 0 Å². The predicted octanol–water partition coefficient (Wildman–Crippen LogP) is 2.36. The van der Waals surface area contributed by atoms with Gasteiger partial charge in [0.25, 0.3) is 0 Å². The van der Waals surface area contributed by atoms with Crippen molar-refractivity contribution in [1.82, 2.24) is 15.2 Å². The van der Waals surface area contributed by atoms with E-state index in [4.69, 9.17) is 0 Å². The minimum atomic E-state index is 0.497. The Morgan fingerprint density at radius 1 is 1.38 bits per heavy atom. The molecule has 4 heteroatoms. The van der Waals surface area contributed by atoms with Gasteiger partial charge in [0, 0.05) is 37.9 Å². The number of pyridine rings is 1. The molecule has 1 aromatic heterocycles. The first-order valence-corrected chi connectivity index (χ1v) is 8.13. The summed E-state index contributed by atoms with van der Waals surface area (Å²) in [5.41, 5.74) is 1.29. The van der Waals surface area contributed by atoms with Crippen LogP contribution in [-0.4, -0.2) is 49.7 Å². The van der Waals surface area contributed by atoms with E-state index >= 15 is 0 Å². The Morgan fingerprint density at radius 3 is 2.76 bits per heavy atom. The molecule has 0 bridgehead atoms. The van der Waals surface area contributed by atoms with Crippen molar-refractivity contribution in [3.05, 3.63) is 23.9 Å². The molecule has 0 aliphatic carbocycles. The Labute approximate surface area is 129 Å². The Hall–Kier alpha value is -1.13. The fourth-order valence-electron chi connectivity index (χ4n) is 2.94. The summed E-state index contributed by atoms with van der Waals surface area (Å²) in [4.78, 5) is 9.38. The van der Waals surface area contributed by atoms with Crippen molar-refractivity contribution < 1.29 is 0 Å². The second-order valence-electron chi connectivity index (χ2n) is 6.65. The first-order chi connectivity index (χ1) is 10.1. The van der Waals surface area contributed by atoms with Crippen molar-refractivity contribution in [1.29, 1.82) is 0 Å². The van der Waals surface area contributed by atoms with E-state index in [1.807, 2.05) is 12.3 Å². The van der Waals surface area contributed by atoms with Crippen molar-refractivity contribution in [2.75, 3.05) is 38.6 Å². The van der Waals surface area contributed by atoms with Crippen LogP contribution in [0.2, 0.25) is 0 Å². The van der Waals surface area contributed by atoms with E-state index in [-0.39, 0.29) is 0 Å². The van der Waals surface area contributed by atoms with E-state index in [1.54, 1.807) is 0 Å². The van der Waals surface area contributed by atoms with Crippen molar-refractivity contribution in [3.63, 3.8) is 0 Å². The first-order valence-electron chi connectivity index (χ1n) is 8.13. The van der Waals surface area contributed by atoms with Crippen LogP contribution in [0.5, 0.6) is 0 Å². The lowest BCUT2D eigenvalue weighted by atomic mass is 9.96. The molecule has 21 heavy (non-hydrogen) atoms. The molecule has 0 spiro atoms. The number of rotatable bonds is 6. The van der Waals surface area contributed by atoms with Gasteiger partial charge < -0.3 is 15.1 Å². The summed E-state index contributed by atoms with van der Waals surface area (Å²) in [6, 6.07) is 4.71. The van der Waals surface area contributed by atoms with Gasteiger partial charge >= 0.3 is 0 Å². The van der Waals surface area contributed by atoms with E-state index in [1.165, 1.54) is 31.5 Å². The van der Waals surface area contributed by atoms with Crippen LogP contribution in [-0.2, 0) is 6.54 Å². The zero-order valence-corrected chi connectivity index (χ0v) is 14.0. The molecular weight excluding hydrogens is 260 g/mol. The predicted molar refractivity (Wildman–Crippen MR) is 89.7 cm³/mol. The Morgan fingerprint density at radius 2 is 2.10 bits per heavy atom. The van der Waals surface area contributed by atoms with Gasteiger partial charge in [-0.2, -0.15) is 0 Å². The summed E-state index contributed by atoms with van der Waals surface area (Å²) >= 11 is 0. The van der Waals surface area contributed by atoms with E-state index in [0.717, 1.165) is 24.8 Å². The summed E-state index contributed by atoms with van der Waals surface area (Å²) in [6.45, 7) is 8.81. The summed E-state index contributed by atoms with van der Waals surface area (Å²) in [6.07, 6.45) is 4.50. The quantitative estimate of drug-likeness (QED) is 0.871. The molecule has 1 saturated heterocycles. The molecule has 1 fully saturated rings. The van der Waals surface area contributed by atoms with Crippen molar-refractivity contribution >= 4 is 5.82 Å². The molecule has 2 heterocycles. The standard InChI is InChI=1S/C17H30N4/c1-14(2)19-12-16-6-5-9-18-17(16)21(4)13-15-7-10-20(3)11-8-15/h5-6,9,14-15,19H,7-8,10-13H2,1-4H3. The minimum absolute atomic E-state index is 0.497. The number of nitrogens with zero attached hydrogens (tertiary/aromatic N) is 3. The Kier molecular flexibility index (Phi) is 6.00. The lowest BCUT2D eigenvalue weighted by Crippen LogP contribution is -2.36. The highest BCUT2D eigenvalue weighted by atomic mass is 15.2. The molecule has 1 aromatic rings. The minimum Gasteiger partial charge on any atom is -0.359 e. The number of anilines is 1. The molecule has 2 rings (SSSR count). The van der Waals surface area contributed by atoms with Gasteiger partial charge in [0.15, 0.2) is 0 Å². The highest BCUT2D eigenvalue weighted by Gasteiger charge is 2.19. The maximum atomic E-state index is 4.61. The number of piperidine rings is 1. The second-order valence-corrected chi connectivity index (χ2v) is 6.65. The third-order valence-electron chi connectivity index (χ3n) is 4.30. The molecule has 118 valence electrons. The van der Waals surface area contributed by atoms with Gasteiger partial charge in [-0.1, -0.05) is 19.9 Å². The molecule has 1 aliphatic heterocycles. The fraction of sp³-hybridized carbons (Fsp3) is 0.706. The van der Waals surface area contributed by atoms with Crippen LogP contribution < -0.4 is 10.2 Å². The Balaban J connectivity index is 1.96. The van der Waals surface area contributed by atoms with Gasteiger partial charge in [-0.3, -0.25) is 0 Å². The summed E-state index contributed by atoms with van der Waals surface area (Å²) in [5.74, 6) is 1.92. The van der Waals surface area contributed by atoms with Gasteiger partial charge in [-0.25, -0.2) is 4.98 Å². The Bertz CT molecular complexity index is 425. The van der Waals surface area contributed by atoms with Crippen molar-refractivity contribution in [3.8, 4) is 0 Å². The average molecular weight is 290 g/mol. The third kappa shape index (κ3) is 4.97. The molecule has 0 saturated carbocycles. The third-order valence-corrected chi connectivity index (χ3v) is 4.30. The highest BCUT2D eigenvalue weighted by Crippen LogP contribution is 2.21. The van der Waals surface area contributed by atoms with Crippen LogP contribution in [0.4, 0.5) is 5.82 Å². The molecule has 0 unspecified atom stereocenters. The summed E-state index contributed by atoms with van der Waals surface area (Å²) in [7, 11) is 4.40. The zero-order chi connectivity index (χ0) is 15.2. The fourth-order valence-corrected chi connectivity index (χ4v) is 2.94. The first kappa shape index (κ1) is 16.2. The van der Waals surface area contributed by atoms with Crippen LogP contribution in [0.15, 0.2) is 18.3 Å². The maximum absolute atomic E-state index is 4.61. The van der Waals surface area contributed by atoms with Crippen LogP contribution in [0.25, 0.3) is 0 Å². The average Bonchev–Trinajstić information content (AvgIpc) is 2.47. The van der Waals surface area contributed by atoms with Gasteiger partial charge in [-0.15, -0.1) is 0 Å². The lowest BCUT2D eigenvalue weighted by Gasteiger charge is -2.32. The van der Waals surface area contributed by atoms with Gasteiger partial charge in [0.1, 0.15) is 5.82 Å². The molecule has 0 radical (unpaired) electrons. The number of aromatic nitrogens is 1. The molecule has 0 amide bonds. The smallest absolute Gasteiger partial charge is 0.132 e. The number of nitrogens with one attached hydrogen (secondary N) is 1. The molecule has 1 aliphatic rings. The van der Waals surface area contributed by atoms with Crippen LogP contribution in [0.3, 0.4) is 0 Å². The monoisotopic (exact) mass is 290 g/mol.